The van der Waals surface area contributed by atoms with E-state index in [-0.39, 0.29) is 11.9 Å². The van der Waals surface area contributed by atoms with E-state index in [4.69, 9.17) is 4.74 Å². The van der Waals surface area contributed by atoms with Gasteiger partial charge in [0.05, 0.1) is 0 Å². The topological polar surface area (TPSA) is 9.23 Å². The molecule has 0 amide bonds. The zero-order valence-electron chi connectivity index (χ0n) is 6.76. The molecule has 1 unspecified atom stereocenters. The maximum atomic E-state index is 12.6. The third-order valence-electron chi connectivity index (χ3n) is 1.35. The normalized spacial score (nSPS) is 12.6. The van der Waals surface area contributed by atoms with Crippen LogP contribution in [0, 0.1) is 5.82 Å². The lowest BCUT2D eigenvalue weighted by Crippen LogP contribution is -2.12. The minimum Gasteiger partial charge on any atom is -0.490 e. The van der Waals surface area contributed by atoms with Gasteiger partial charge in [0.1, 0.15) is 17.7 Å². The number of halogens is 2. The van der Waals surface area contributed by atoms with Crippen LogP contribution in [-0.2, 0) is 0 Å². The molecule has 0 spiro atoms. The first-order chi connectivity index (χ1) is 5.72. The Balaban J connectivity index is 2.63. The molecule has 0 aliphatic heterocycles. The third-order valence-corrected chi connectivity index (χ3v) is 2.26. The molecule has 1 rings (SSSR count). The second-order valence-corrected chi connectivity index (χ2v) is 3.19. The van der Waals surface area contributed by atoms with Crippen LogP contribution >= 0.6 is 15.9 Å². The fourth-order valence-corrected chi connectivity index (χ4v) is 0.936. The number of rotatable bonds is 3. The highest BCUT2D eigenvalue weighted by atomic mass is 79.9. The lowest BCUT2D eigenvalue weighted by Gasteiger charge is -2.11. The molecule has 0 saturated carbocycles. The molecular formula is C9H10BrFO. The van der Waals surface area contributed by atoms with Gasteiger partial charge in [-0.15, -0.1) is 0 Å². The van der Waals surface area contributed by atoms with Gasteiger partial charge in [-0.05, 0) is 19.1 Å². The first-order valence-corrected chi connectivity index (χ1v) is 4.82. The number of hydrogen-bond donors (Lipinski definition) is 0. The summed E-state index contributed by atoms with van der Waals surface area (Å²) >= 11 is 3.27. The van der Waals surface area contributed by atoms with E-state index in [2.05, 4.69) is 15.9 Å². The van der Waals surface area contributed by atoms with E-state index in [0.29, 0.717) is 5.75 Å². The smallest absolute Gasteiger partial charge is 0.126 e. The zero-order valence-corrected chi connectivity index (χ0v) is 8.34. The summed E-state index contributed by atoms with van der Waals surface area (Å²) in [6, 6.07) is 6.14. The molecular weight excluding hydrogens is 223 g/mol. The Labute approximate surface area is 79.7 Å². The van der Waals surface area contributed by atoms with Crippen LogP contribution < -0.4 is 4.74 Å². The minimum atomic E-state index is -0.269. The van der Waals surface area contributed by atoms with Crippen LogP contribution in [0.1, 0.15) is 6.92 Å². The molecule has 1 nitrogen and oxygen atoms in total. The zero-order chi connectivity index (χ0) is 8.97. The molecule has 0 aliphatic rings. The van der Waals surface area contributed by atoms with Crippen molar-refractivity contribution in [1.29, 1.82) is 0 Å². The summed E-state index contributed by atoms with van der Waals surface area (Å²) in [4.78, 5) is 0. The van der Waals surface area contributed by atoms with Gasteiger partial charge in [0, 0.05) is 11.4 Å². The van der Waals surface area contributed by atoms with Gasteiger partial charge in [-0.1, -0.05) is 22.0 Å². The van der Waals surface area contributed by atoms with E-state index in [1.54, 1.807) is 12.1 Å². The van der Waals surface area contributed by atoms with E-state index in [1.807, 2.05) is 6.92 Å². The molecule has 0 aliphatic carbocycles. The summed E-state index contributed by atoms with van der Waals surface area (Å²) in [6.07, 6.45) is 0.0619. The first-order valence-electron chi connectivity index (χ1n) is 3.70. The molecule has 0 fully saturated rings. The van der Waals surface area contributed by atoms with E-state index in [0.717, 1.165) is 5.33 Å². The highest BCUT2D eigenvalue weighted by Crippen LogP contribution is 2.14. The van der Waals surface area contributed by atoms with Crippen LogP contribution in [-0.4, -0.2) is 11.4 Å². The Morgan fingerprint density at radius 1 is 1.58 bits per heavy atom. The van der Waals surface area contributed by atoms with Gasteiger partial charge in [0.15, 0.2) is 0 Å². The molecule has 0 radical (unpaired) electrons. The fourth-order valence-electron chi connectivity index (χ4n) is 0.804. The van der Waals surface area contributed by atoms with Crippen LogP contribution in [0.2, 0.25) is 0 Å². The summed E-state index contributed by atoms with van der Waals surface area (Å²) in [5, 5.41) is 0.740. The van der Waals surface area contributed by atoms with Crippen molar-refractivity contribution in [2.45, 2.75) is 13.0 Å². The molecule has 3 heteroatoms. The van der Waals surface area contributed by atoms with Gasteiger partial charge >= 0.3 is 0 Å². The van der Waals surface area contributed by atoms with Gasteiger partial charge in [-0.2, -0.15) is 0 Å². The quantitative estimate of drug-likeness (QED) is 0.729. The minimum absolute atomic E-state index is 0.0619. The van der Waals surface area contributed by atoms with E-state index >= 15 is 0 Å². The molecule has 1 aromatic carbocycles. The number of alkyl halides is 1. The van der Waals surface area contributed by atoms with Crippen molar-refractivity contribution in [1.82, 2.24) is 0 Å². The first kappa shape index (κ1) is 9.52. The Morgan fingerprint density at radius 3 is 2.92 bits per heavy atom. The average Bonchev–Trinajstić information content (AvgIpc) is 2.04. The Kier molecular flexibility index (Phi) is 3.53. The van der Waals surface area contributed by atoms with Crippen molar-refractivity contribution in [3.8, 4) is 5.75 Å². The van der Waals surface area contributed by atoms with Gasteiger partial charge in [-0.25, -0.2) is 4.39 Å². The molecule has 0 heterocycles. The maximum Gasteiger partial charge on any atom is 0.126 e. The highest BCUT2D eigenvalue weighted by Gasteiger charge is 2.01. The molecule has 0 N–H and O–H groups in total. The molecule has 0 aromatic heterocycles. The molecule has 1 aromatic rings. The average molecular weight is 233 g/mol. The van der Waals surface area contributed by atoms with Gasteiger partial charge < -0.3 is 4.74 Å². The van der Waals surface area contributed by atoms with Crippen molar-refractivity contribution in [2.24, 2.45) is 0 Å². The van der Waals surface area contributed by atoms with Crippen molar-refractivity contribution in [3.63, 3.8) is 0 Å². The summed E-state index contributed by atoms with van der Waals surface area (Å²) in [6.45, 7) is 1.92. The molecule has 12 heavy (non-hydrogen) atoms. The monoisotopic (exact) mass is 232 g/mol. The largest absolute Gasteiger partial charge is 0.490 e. The highest BCUT2D eigenvalue weighted by molar-refractivity contribution is 9.09. The van der Waals surface area contributed by atoms with E-state index in [9.17, 15) is 4.39 Å². The summed E-state index contributed by atoms with van der Waals surface area (Å²) in [5.41, 5.74) is 0. The van der Waals surface area contributed by atoms with Crippen molar-refractivity contribution in [3.05, 3.63) is 30.1 Å². The van der Waals surface area contributed by atoms with Crippen molar-refractivity contribution in [2.75, 3.05) is 5.33 Å². The van der Waals surface area contributed by atoms with Gasteiger partial charge in [0.2, 0.25) is 0 Å². The second kappa shape index (κ2) is 4.45. The Hall–Kier alpha value is -0.570. The Morgan fingerprint density at radius 2 is 2.33 bits per heavy atom. The Bertz CT molecular complexity index is 252. The van der Waals surface area contributed by atoms with E-state index in [1.165, 1.54) is 12.1 Å². The van der Waals surface area contributed by atoms with Crippen LogP contribution in [0.25, 0.3) is 0 Å². The van der Waals surface area contributed by atoms with Crippen LogP contribution in [0.4, 0.5) is 4.39 Å². The number of hydrogen-bond acceptors (Lipinski definition) is 1. The van der Waals surface area contributed by atoms with Crippen LogP contribution in [0.3, 0.4) is 0 Å². The molecule has 0 saturated heterocycles. The molecule has 1 atom stereocenters. The summed E-state index contributed by atoms with van der Waals surface area (Å²) in [5.74, 6) is 0.302. The fraction of sp³-hybridized carbons (Fsp3) is 0.333. The summed E-state index contributed by atoms with van der Waals surface area (Å²) < 4.78 is 18.0. The molecule has 66 valence electrons. The van der Waals surface area contributed by atoms with E-state index < -0.39 is 0 Å². The summed E-state index contributed by atoms with van der Waals surface area (Å²) in [7, 11) is 0. The predicted octanol–water partition coefficient (Wildman–Crippen LogP) is 2.99. The molecule has 0 bridgehead atoms. The lowest BCUT2D eigenvalue weighted by molar-refractivity contribution is 0.247. The SMILES string of the molecule is CC(CBr)Oc1cccc(F)c1. The lowest BCUT2D eigenvalue weighted by atomic mass is 10.3. The third kappa shape index (κ3) is 2.81. The van der Waals surface area contributed by atoms with Crippen LogP contribution in [0.5, 0.6) is 5.75 Å². The maximum absolute atomic E-state index is 12.6. The predicted molar refractivity (Wildman–Crippen MR) is 50.3 cm³/mol. The van der Waals surface area contributed by atoms with Gasteiger partial charge in [0.25, 0.3) is 0 Å². The number of ether oxygens (including phenoxy) is 1. The van der Waals surface area contributed by atoms with Gasteiger partial charge in [-0.3, -0.25) is 0 Å². The second-order valence-electron chi connectivity index (χ2n) is 2.54. The number of benzene rings is 1. The van der Waals surface area contributed by atoms with Crippen molar-refractivity contribution < 1.29 is 9.13 Å². The standard InChI is InChI=1S/C9H10BrFO/c1-7(6-10)12-9-4-2-3-8(11)5-9/h2-5,7H,6H2,1H3. The van der Waals surface area contributed by atoms with Crippen molar-refractivity contribution >= 4 is 15.9 Å². The van der Waals surface area contributed by atoms with Crippen LogP contribution in [0.15, 0.2) is 24.3 Å².